The number of hydrogen-bond acceptors (Lipinski definition) is 2. The molecule has 1 fully saturated rings. The van der Waals surface area contributed by atoms with Crippen LogP contribution in [0.2, 0.25) is 0 Å². The molecule has 0 aliphatic heterocycles. The summed E-state index contributed by atoms with van der Waals surface area (Å²) in [5.74, 6) is 1.68. The van der Waals surface area contributed by atoms with E-state index < -0.39 is 0 Å². The van der Waals surface area contributed by atoms with Gasteiger partial charge in [-0.15, -0.1) is 0 Å². The first kappa shape index (κ1) is 14.3. The summed E-state index contributed by atoms with van der Waals surface area (Å²) in [7, 11) is 0. The van der Waals surface area contributed by atoms with E-state index in [0.29, 0.717) is 12.0 Å². The van der Waals surface area contributed by atoms with E-state index in [-0.39, 0.29) is 0 Å². The molecular weight excluding hydrogens is 258 g/mol. The standard InChI is InChI=1S/C18H25N3/c1-11-8-12(2)17(13(3)9-11)16-10-20-18(21-16)14-4-6-15(19)7-5-14/h8-10,14-15H,4-7,19H2,1-3H3,(H,20,21). The van der Waals surface area contributed by atoms with Gasteiger partial charge in [-0.25, -0.2) is 4.98 Å². The largest absolute Gasteiger partial charge is 0.342 e. The Morgan fingerprint density at radius 3 is 2.29 bits per heavy atom. The molecule has 0 spiro atoms. The van der Waals surface area contributed by atoms with Crippen molar-refractivity contribution in [3.63, 3.8) is 0 Å². The van der Waals surface area contributed by atoms with Crippen LogP contribution >= 0.6 is 0 Å². The lowest BCUT2D eigenvalue weighted by Crippen LogP contribution is -2.26. The first-order valence-electron chi connectivity index (χ1n) is 7.93. The van der Waals surface area contributed by atoms with Crippen molar-refractivity contribution >= 4 is 0 Å². The summed E-state index contributed by atoms with van der Waals surface area (Å²) in [6.07, 6.45) is 6.53. The van der Waals surface area contributed by atoms with Gasteiger partial charge in [-0.1, -0.05) is 17.7 Å². The van der Waals surface area contributed by atoms with E-state index in [1.165, 1.54) is 22.3 Å². The first-order chi connectivity index (χ1) is 10.0. The Morgan fingerprint density at radius 2 is 1.67 bits per heavy atom. The highest BCUT2D eigenvalue weighted by Crippen LogP contribution is 2.33. The van der Waals surface area contributed by atoms with Crippen molar-refractivity contribution in [3.8, 4) is 11.3 Å². The lowest BCUT2D eigenvalue weighted by molar-refractivity contribution is 0.386. The lowest BCUT2D eigenvalue weighted by atomic mass is 9.86. The number of nitrogens with two attached hydrogens (primary N) is 1. The molecule has 1 aromatic heterocycles. The average Bonchev–Trinajstić information content (AvgIpc) is 2.87. The van der Waals surface area contributed by atoms with Gasteiger partial charge in [0.1, 0.15) is 5.82 Å². The van der Waals surface area contributed by atoms with Gasteiger partial charge in [0.15, 0.2) is 0 Å². The summed E-state index contributed by atoms with van der Waals surface area (Å²) in [6, 6.07) is 4.86. The van der Waals surface area contributed by atoms with Gasteiger partial charge >= 0.3 is 0 Å². The molecule has 1 aliphatic rings. The van der Waals surface area contributed by atoms with Gasteiger partial charge in [0.05, 0.1) is 11.9 Å². The maximum atomic E-state index is 5.99. The summed E-state index contributed by atoms with van der Waals surface area (Å²) in [5, 5.41) is 0. The highest BCUT2D eigenvalue weighted by molar-refractivity contribution is 5.67. The third-order valence-corrected chi connectivity index (χ3v) is 4.70. The van der Waals surface area contributed by atoms with Crippen LogP contribution in [0.25, 0.3) is 11.3 Å². The number of imidazole rings is 1. The maximum absolute atomic E-state index is 5.99. The van der Waals surface area contributed by atoms with Gasteiger partial charge < -0.3 is 10.7 Å². The average molecular weight is 283 g/mol. The van der Waals surface area contributed by atoms with Crippen LogP contribution in [0.1, 0.15) is 54.1 Å². The molecule has 0 bridgehead atoms. The molecule has 21 heavy (non-hydrogen) atoms. The normalized spacial score (nSPS) is 22.5. The molecule has 0 amide bonds. The van der Waals surface area contributed by atoms with Crippen molar-refractivity contribution in [1.29, 1.82) is 0 Å². The highest BCUT2D eigenvalue weighted by Gasteiger charge is 2.22. The maximum Gasteiger partial charge on any atom is 0.109 e. The quantitative estimate of drug-likeness (QED) is 0.875. The molecule has 1 saturated carbocycles. The third kappa shape index (κ3) is 2.88. The fraction of sp³-hybridized carbons (Fsp3) is 0.500. The number of aromatic amines is 1. The molecular formula is C18H25N3. The predicted molar refractivity (Wildman–Crippen MR) is 87.4 cm³/mol. The number of aromatic nitrogens is 2. The fourth-order valence-corrected chi connectivity index (χ4v) is 3.67. The van der Waals surface area contributed by atoms with Crippen molar-refractivity contribution in [2.24, 2.45) is 5.73 Å². The highest BCUT2D eigenvalue weighted by atomic mass is 14.9. The van der Waals surface area contributed by atoms with E-state index in [1.807, 2.05) is 6.20 Å². The summed E-state index contributed by atoms with van der Waals surface area (Å²) >= 11 is 0. The first-order valence-corrected chi connectivity index (χ1v) is 7.93. The SMILES string of the molecule is Cc1cc(C)c(-c2cnc(C3CCC(N)CC3)[nH]2)c(C)c1. The number of nitrogens with zero attached hydrogens (tertiary/aromatic N) is 1. The Bertz CT molecular complexity index is 611. The van der Waals surface area contributed by atoms with E-state index in [2.05, 4.69) is 42.9 Å². The molecule has 1 aromatic carbocycles. The molecule has 112 valence electrons. The van der Waals surface area contributed by atoms with Gasteiger partial charge in [0.25, 0.3) is 0 Å². The monoisotopic (exact) mass is 283 g/mol. The summed E-state index contributed by atoms with van der Waals surface area (Å²) in [6.45, 7) is 6.50. The zero-order valence-corrected chi connectivity index (χ0v) is 13.2. The molecule has 3 N–H and O–H groups in total. The Kier molecular flexibility index (Phi) is 3.85. The lowest BCUT2D eigenvalue weighted by Gasteiger charge is -2.24. The van der Waals surface area contributed by atoms with E-state index in [9.17, 15) is 0 Å². The smallest absolute Gasteiger partial charge is 0.109 e. The van der Waals surface area contributed by atoms with Gasteiger partial charge in [-0.2, -0.15) is 0 Å². The molecule has 0 saturated heterocycles. The molecule has 3 rings (SSSR count). The number of rotatable bonds is 2. The molecule has 0 unspecified atom stereocenters. The molecule has 1 heterocycles. The summed E-state index contributed by atoms with van der Waals surface area (Å²) in [4.78, 5) is 8.21. The molecule has 3 heteroatoms. The fourth-order valence-electron chi connectivity index (χ4n) is 3.67. The number of aryl methyl sites for hydroxylation is 3. The number of H-pyrrole nitrogens is 1. The van der Waals surface area contributed by atoms with Crippen molar-refractivity contribution in [3.05, 3.63) is 40.8 Å². The summed E-state index contributed by atoms with van der Waals surface area (Å²) in [5.41, 5.74) is 12.4. The topological polar surface area (TPSA) is 54.7 Å². The molecule has 0 atom stereocenters. The minimum atomic E-state index is 0.386. The Hall–Kier alpha value is -1.61. The summed E-state index contributed by atoms with van der Waals surface area (Å²) < 4.78 is 0. The minimum absolute atomic E-state index is 0.386. The van der Waals surface area contributed by atoms with Crippen LogP contribution in [0.5, 0.6) is 0 Å². The van der Waals surface area contributed by atoms with Crippen molar-refractivity contribution in [1.82, 2.24) is 9.97 Å². The molecule has 0 radical (unpaired) electrons. The van der Waals surface area contributed by atoms with Gasteiger partial charge in [-0.05, 0) is 57.6 Å². The van der Waals surface area contributed by atoms with Crippen molar-refractivity contribution in [2.75, 3.05) is 0 Å². The van der Waals surface area contributed by atoms with Crippen LogP contribution in [0, 0.1) is 20.8 Å². The van der Waals surface area contributed by atoms with Crippen LogP contribution in [-0.4, -0.2) is 16.0 Å². The van der Waals surface area contributed by atoms with Crippen LogP contribution in [0.3, 0.4) is 0 Å². The molecule has 1 aliphatic carbocycles. The van der Waals surface area contributed by atoms with Crippen LogP contribution in [-0.2, 0) is 0 Å². The Balaban J connectivity index is 1.89. The Labute approximate surface area is 127 Å². The van der Waals surface area contributed by atoms with E-state index in [0.717, 1.165) is 37.2 Å². The minimum Gasteiger partial charge on any atom is -0.342 e. The van der Waals surface area contributed by atoms with Gasteiger partial charge in [0.2, 0.25) is 0 Å². The zero-order chi connectivity index (χ0) is 15.0. The van der Waals surface area contributed by atoms with Crippen LogP contribution < -0.4 is 5.73 Å². The molecule has 2 aromatic rings. The van der Waals surface area contributed by atoms with Gasteiger partial charge in [-0.3, -0.25) is 0 Å². The zero-order valence-electron chi connectivity index (χ0n) is 13.2. The van der Waals surface area contributed by atoms with E-state index >= 15 is 0 Å². The number of nitrogens with one attached hydrogen (secondary N) is 1. The van der Waals surface area contributed by atoms with Crippen molar-refractivity contribution in [2.45, 2.75) is 58.4 Å². The third-order valence-electron chi connectivity index (χ3n) is 4.70. The van der Waals surface area contributed by atoms with Crippen molar-refractivity contribution < 1.29 is 0 Å². The van der Waals surface area contributed by atoms with Crippen LogP contribution in [0.4, 0.5) is 0 Å². The number of benzene rings is 1. The number of hydrogen-bond donors (Lipinski definition) is 2. The van der Waals surface area contributed by atoms with E-state index in [4.69, 9.17) is 5.73 Å². The second-order valence-corrected chi connectivity index (χ2v) is 6.57. The van der Waals surface area contributed by atoms with E-state index in [1.54, 1.807) is 0 Å². The Morgan fingerprint density at radius 1 is 1.05 bits per heavy atom. The second-order valence-electron chi connectivity index (χ2n) is 6.57. The predicted octanol–water partition coefficient (Wildman–Crippen LogP) is 3.99. The molecule has 3 nitrogen and oxygen atoms in total. The van der Waals surface area contributed by atoms with Crippen LogP contribution in [0.15, 0.2) is 18.3 Å². The van der Waals surface area contributed by atoms with Gasteiger partial charge in [0, 0.05) is 17.5 Å². The second kappa shape index (κ2) is 5.64.